The van der Waals surface area contributed by atoms with Gasteiger partial charge in [-0.25, -0.2) is 21.6 Å². The van der Waals surface area contributed by atoms with Gasteiger partial charge in [0, 0.05) is 12.3 Å². The van der Waals surface area contributed by atoms with Crippen LogP contribution in [0.15, 0.2) is 0 Å². The van der Waals surface area contributed by atoms with E-state index in [4.69, 9.17) is 0 Å². The van der Waals surface area contributed by atoms with Gasteiger partial charge in [0.05, 0.1) is 10.1 Å². The summed E-state index contributed by atoms with van der Waals surface area (Å²) in [5.41, 5.74) is 0. The fraction of sp³-hybridized carbons (Fsp3) is 1.00. The number of alkyl halides is 13. The molecule has 23 heteroatoms. The molecule has 0 heterocycles. The van der Waals surface area contributed by atoms with Gasteiger partial charge in [0.15, 0.2) is 0 Å². The van der Waals surface area contributed by atoms with Crippen molar-refractivity contribution in [3.05, 3.63) is 0 Å². The number of hydrogen-bond acceptors (Lipinski definition) is 6. The molecule has 0 saturated carbocycles. The molecule has 1 N–H and O–H groups in total. The zero-order valence-electron chi connectivity index (χ0n) is 18.0. The number of sulfonamides is 1. The molecule has 0 rings (SSSR count). The molecule has 0 aliphatic carbocycles. The van der Waals surface area contributed by atoms with Crippen LogP contribution in [0.3, 0.4) is 0 Å². The molecule has 0 fully saturated rings. The summed E-state index contributed by atoms with van der Waals surface area (Å²) >= 11 is 0. The van der Waals surface area contributed by atoms with Crippen LogP contribution in [0.5, 0.6) is 0 Å². The summed E-state index contributed by atoms with van der Waals surface area (Å²) in [5, 5.41) is -7.32. The van der Waals surface area contributed by atoms with E-state index in [0.29, 0.717) is 4.72 Å². The predicted molar refractivity (Wildman–Crippen MR) is 89.0 cm³/mol. The molecular weight excluding hydrogens is 598 g/mol. The van der Waals surface area contributed by atoms with Crippen molar-refractivity contribution >= 4 is 20.1 Å². The van der Waals surface area contributed by atoms with Crippen LogP contribution < -0.4 is 34.3 Å². The van der Waals surface area contributed by atoms with Gasteiger partial charge in [-0.15, -0.1) is 0 Å². The van der Waals surface area contributed by atoms with E-state index in [1.807, 2.05) is 0 Å². The second-order valence-corrected chi connectivity index (χ2v) is 10.3. The fourth-order valence-corrected chi connectivity index (χ4v) is 3.74. The molecule has 0 atom stereocenters. The van der Waals surface area contributed by atoms with Gasteiger partial charge in [-0.05, 0) is 33.0 Å². The number of nitrogens with zero attached hydrogens (tertiary/aromatic N) is 1. The smallest absolute Gasteiger partial charge is 0.748 e. The van der Waals surface area contributed by atoms with Crippen LogP contribution >= 0.6 is 0 Å². The van der Waals surface area contributed by atoms with Crippen molar-refractivity contribution < 1.29 is 108 Å². The molecule has 0 spiro atoms. The minimum absolute atomic E-state index is 0. The van der Waals surface area contributed by atoms with E-state index < -0.39 is 74.0 Å². The second kappa shape index (κ2) is 11.9. The Bertz CT molecular complexity index is 942. The summed E-state index contributed by atoms with van der Waals surface area (Å²) in [6.07, 6.45) is -8.46. The van der Waals surface area contributed by atoms with Crippen LogP contribution in [0, 0.1) is 0 Å². The summed E-state index contributed by atoms with van der Waals surface area (Å²) < 4.78 is 224. The molecule has 36 heavy (non-hydrogen) atoms. The average molecular weight is 614 g/mol. The Kier molecular flexibility index (Phi) is 12.6. The largest absolute Gasteiger partial charge is 1.00 e. The van der Waals surface area contributed by atoms with Gasteiger partial charge in [-0.2, -0.15) is 57.1 Å². The molecular formula is C13H16F13N2NaO5S2. The molecule has 0 bridgehead atoms. The molecule has 0 amide bonds. The summed E-state index contributed by atoms with van der Waals surface area (Å²) in [5.74, 6) is -33.2. The Hall–Kier alpha value is -0.130. The molecule has 0 aliphatic rings. The first-order valence-corrected chi connectivity index (χ1v) is 11.7. The Morgan fingerprint density at radius 1 is 0.694 bits per heavy atom. The molecule has 7 nitrogen and oxygen atoms in total. The standard InChI is InChI=1S/C13H17F13N2O5S2.Na/c1-28(6-3-7-34(29,30)31)5-2-4-27-35(32,33)13(25,26)11(20,21)9(16,17)8(14,15)10(18,19)12(22,23)24;/h27H,2-7H2,1H3,(H,29,30,31);/q;+1/p-1. The van der Waals surface area contributed by atoms with Gasteiger partial charge in [-0.3, -0.25) is 0 Å². The summed E-state index contributed by atoms with van der Waals surface area (Å²) in [6.45, 7) is -1.74. The Morgan fingerprint density at radius 2 is 1.08 bits per heavy atom. The van der Waals surface area contributed by atoms with Gasteiger partial charge in [0.1, 0.15) is 0 Å². The van der Waals surface area contributed by atoms with Gasteiger partial charge >= 0.3 is 64.7 Å². The first-order chi connectivity index (χ1) is 15.1. The van der Waals surface area contributed by atoms with Crippen molar-refractivity contribution in [2.24, 2.45) is 0 Å². The van der Waals surface area contributed by atoms with Crippen LogP contribution in [0.2, 0.25) is 0 Å². The first kappa shape index (κ1) is 38.0. The third kappa shape index (κ3) is 7.72. The molecule has 0 aromatic rings. The van der Waals surface area contributed by atoms with E-state index in [0.717, 1.165) is 0 Å². The van der Waals surface area contributed by atoms with Crippen LogP contribution in [-0.2, 0) is 20.1 Å². The zero-order chi connectivity index (χ0) is 28.5. The van der Waals surface area contributed by atoms with Crippen molar-refractivity contribution in [3.63, 3.8) is 0 Å². The third-order valence-electron chi connectivity index (χ3n) is 4.18. The van der Waals surface area contributed by atoms with E-state index in [1.165, 1.54) is 11.9 Å². The van der Waals surface area contributed by atoms with Gasteiger partial charge in [0.2, 0.25) is 0 Å². The van der Waals surface area contributed by atoms with E-state index in [1.54, 1.807) is 0 Å². The van der Waals surface area contributed by atoms with E-state index in [-0.39, 0.29) is 49.1 Å². The predicted octanol–water partition coefficient (Wildman–Crippen LogP) is -0.137. The maximum atomic E-state index is 13.7. The van der Waals surface area contributed by atoms with Crippen molar-refractivity contribution in [3.8, 4) is 0 Å². The second-order valence-electron chi connectivity index (χ2n) is 6.98. The van der Waals surface area contributed by atoms with Gasteiger partial charge in [0.25, 0.3) is 10.0 Å². The molecule has 0 unspecified atom stereocenters. The van der Waals surface area contributed by atoms with E-state index in [9.17, 15) is 78.5 Å². The van der Waals surface area contributed by atoms with Crippen molar-refractivity contribution in [1.82, 2.24) is 9.62 Å². The molecule has 0 aromatic carbocycles. The van der Waals surface area contributed by atoms with Gasteiger partial charge < -0.3 is 9.45 Å². The maximum absolute atomic E-state index is 13.7. The number of rotatable bonds is 14. The number of halogens is 13. The molecule has 212 valence electrons. The Morgan fingerprint density at radius 3 is 1.47 bits per heavy atom. The minimum Gasteiger partial charge on any atom is -0.748 e. The Labute approximate surface area is 217 Å². The Balaban J connectivity index is 0. The number of hydrogen-bond donors (Lipinski definition) is 1. The average Bonchev–Trinajstić information content (AvgIpc) is 2.62. The molecule has 0 aliphatic heterocycles. The fourth-order valence-electron chi connectivity index (χ4n) is 2.19. The van der Waals surface area contributed by atoms with Crippen molar-refractivity contribution in [1.29, 1.82) is 0 Å². The first-order valence-electron chi connectivity index (χ1n) is 8.67. The van der Waals surface area contributed by atoms with Crippen LogP contribution in [0.25, 0.3) is 0 Å². The summed E-state index contributed by atoms with van der Waals surface area (Å²) in [7, 11) is -10.4. The van der Waals surface area contributed by atoms with E-state index >= 15 is 0 Å². The molecule has 0 saturated heterocycles. The summed E-state index contributed by atoms with van der Waals surface area (Å²) in [4.78, 5) is 1.17. The SMILES string of the molecule is CN(CCCNS(=O)(=O)C(F)(F)C(F)(F)C(F)(F)C(F)(F)C(F)(F)C(F)(F)F)CCCS(=O)(=O)[O-].[Na+]. The van der Waals surface area contributed by atoms with Crippen molar-refractivity contribution in [2.45, 2.75) is 48.0 Å². The topological polar surface area (TPSA) is 107 Å². The van der Waals surface area contributed by atoms with Crippen molar-refractivity contribution in [2.75, 3.05) is 32.4 Å². The van der Waals surface area contributed by atoms with Crippen LogP contribution in [0.4, 0.5) is 57.1 Å². The van der Waals surface area contributed by atoms with Gasteiger partial charge in [-0.1, -0.05) is 0 Å². The van der Waals surface area contributed by atoms with Crippen LogP contribution in [0.1, 0.15) is 12.8 Å². The van der Waals surface area contributed by atoms with Crippen LogP contribution in [-0.4, -0.2) is 93.8 Å². The third-order valence-corrected chi connectivity index (χ3v) is 6.49. The van der Waals surface area contributed by atoms with E-state index in [2.05, 4.69) is 0 Å². The molecule has 0 radical (unpaired) electrons. The zero-order valence-corrected chi connectivity index (χ0v) is 21.6. The summed E-state index contributed by atoms with van der Waals surface area (Å²) in [6, 6.07) is 0. The normalized spacial score (nSPS) is 15.2. The number of nitrogens with one attached hydrogen (secondary N) is 1. The minimum atomic E-state index is -8.24. The molecule has 0 aromatic heterocycles. The monoisotopic (exact) mass is 614 g/mol. The maximum Gasteiger partial charge on any atom is 1.00 e. The quantitative estimate of drug-likeness (QED) is 0.127.